The van der Waals surface area contributed by atoms with E-state index < -0.39 is 0 Å². The zero-order chi connectivity index (χ0) is 9.26. The first-order valence-corrected chi connectivity index (χ1v) is 4.85. The highest BCUT2D eigenvalue weighted by Crippen LogP contribution is 2.21. The van der Waals surface area contributed by atoms with Gasteiger partial charge in [0.25, 0.3) is 0 Å². The summed E-state index contributed by atoms with van der Waals surface area (Å²) in [5, 5.41) is 2.88. The maximum absolute atomic E-state index is 4.40. The molecule has 0 amide bonds. The first kappa shape index (κ1) is 8.31. The summed E-state index contributed by atoms with van der Waals surface area (Å²) in [6.07, 6.45) is 3.55. The lowest BCUT2D eigenvalue weighted by atomic mass is 10.3. The highest BCUT2D eigenvalue weighted by Gasteiger charge is 2.06. The fourth-order valence-corrected chi connectivity index (χ4v) is 1.76. The molecule has 13 heavy (non-hydrogen) atoms. The molecule has 0 aromatic carbocycles. The Kier molecular flexibility index (Phi) is 2.06. The van der Waals surface area contributed by atoms with Crippen LogP contribution in [0.25, 0.3) is 10.7 Å². The van der Waals surface area contributed by atoms with Gasteiger partial charge in [0.2, 0.25) is 0 Å². The molecule has 0 saturated heterocycles. The Morgan fingerprint density at radius 2 is 2.08 bits per heavy atom. The summed E-state index contributed by atoms with van der Waals surface area (Å²) in [5.41, 5.74) is 2.76. The van der Waals surface area contributed by atoms with Crippen molar-refractivity contribution in [3.8, 4) is 10.7 Å². The van der Waals surface area contributed by atoms with Crippen molar-refractivity contribution in [1.82, 2.24) is 15.0 Å². The van der Waals surface area contributed by atoms with E-state index >= 15 is 0 Å². The Morgan fingerprint density at radius 3 is 2.77 bits per heavy atom. The van der Waals surface area contributed by atoms with Crippen molar-refractivity contribution in [3.63, 3.8) is 0 Å². The lowest BCUT2D eigenvalue weighted by molar-refractivity contribution is 1.06. The molecule has 4 heteroatoms. The fraction of sp³-hybridized carbons (Fsp3) is 0.222. The van der Waals surface area contributed by atoms with Gasteiger partial charge in [-0.3, -0.25) is 4.98 Å². The Bertz CT molecular complexity index is 409. The van der Waals surface area contributed by atoms with Crippen molar-refractivity contribution in [3.05, 3.63) is 29.2 Å². The summed E-state index contributed by atoms with van der Waals surface area (Å²) in [4.78, 5) is 12.8. The third kappa shape index (κ3) is 1.58. The Balaban J connectivity index is 2.57. The molecule has 2 aromatic rings. The fourth-order valence-electron chi connectivity index (χ4n) is 1.08. The van der Waals surface area contributed by atoms with Crippen LogP contribution < -0.4 is 0 Å². The van der Waals surface area contributed by atoms with Crippen LogP contribution in [0.15, 0.2) is 17.8 Å². The molecule has 3 nitrogen and oxygen atoms in total. The molecule has 0 aliphatic rings. The van der Waals surface area contributed by atoms with Gasteiger partial charge in [-0.25, -0.2) is 9.97 Å². The molecule has 0 spiro atoms. The van der Waals surface area contributed by atoms with Crippen molar-refractivity contribution >= 4 is 11.3 Å². The molecule has 0 bridgehead atoms. The monoisotopic (exact) mass is 191 g/mol. The Morgan fingerprint density at radius 1 is 1.23 bits per heavy atom. The predicted molar refractivity (Wildman–Crippen MR) is 52.6 cm³/mol. The highest BCUT2D eigenvalue weighted by atomic mass is 32.1. The summed E-state index contributed by atoms with van der Waals surface area (Å²) >= 11 is 1.59. The molecule has 0 N–H and O–H groups in total. The SMILES string of the molecule is Cc1cnc(C)c(-c2nccs2)n1. The highest BCUT2D eigenvalue weighted by molar-refractivity contribution is 7.13. The van der Waals surface area contributed by atoms with E-state index in [1.165, 1.54) is 0 Å². The lowest BCUT2D eigenvalue weighted by Gasteiger charge is -2.00. The minimum absolute atomic E-state index is 0.898. The molecule has 0 radical (unpaired) electrons. The van der Waals surface area contributed by atoms with Crippen molar-refractivity contribution in [2.45, 2.75) is 13.8 Å². The van der Waals surface area contributed by atoms with Crippen LogP contribution in [-0.4, -0.2) is 15.0 Å². The standard InChI is InChI=1S/C9H9N3S/c1-6-5-11-7(2)8(12-6)9-10-3-4-13-9/h3-5H,1-2H3. The first-order valence-electron chi connectivity index (χ1n) is 3.97. The van der Waals surface area contributed by atoms with Crippen molar-refractivity contribution in [2.75, 3.05) is 0 Å². The van der Waals surface area contributed by atoms with Crippen LogP contribution in [0, 0.1) is 13.8 Å². The average Bonchev–Trinajstić information content (AvgIpc) is 2.61. The van der Waals surface area contributed by atoms with E-state index in [0.717, 1.165) is 22.1 Å². The number of nitrogens with zero attached hydrogens (tertiary/aromatic N) is 3. The van der Waals surface area contributed by atoms with Gasteiger partial charge in [-0.1, -0.05) is 0 Å². The van der Waals surface area contributed by atoms with Gasteiger partial charge in [-0.05, 0) is 13.8 Å². The predicted octanol–water partition coefficient (Wildman–Crippen LogP) is 2.22. The van der Waals surface area contributed by atoms with Crippen LogP contribution in [0.1, 0.15) is 11.4 Å². The molecule has 2 heterocycles. The Labute approximate surface area is 80.5 Å². The number of hydrogen-bond acceptors (Lipinski definition) is 4. The van der Waals surface area contributed by atoms with Gasteiger partial charge in [0.15, 0.2) is 0 Å². The summed E-state index contributed by atoms with van der Waals surface area (Å²) in [6, 6.07) is 0. The minimum Gasteiger partial charge on any atom is -0.257 e. The molecule has 0 unspecified atom stereocenters. The quantitative estimate of drug-likeness (QED) is 0.693. The van der Waals surface area contributed by atoms with Gasteiger partial charge in [-0.2, -0.15) is 0 Å². The number of aryl methyl sites for hydroxylation is 2. The molecule has 2 rings (SSSR count). The number of hydrogen-bond donors (Lipinski definition) is 0. The molecular weight excluding hydrogens is 182 g/mol. The van der Waals surface area contributed by atoms with Crippen LogP contribution in [0.3, 0.4) is 0 Å². The van der Waals surface area contributed by atoms with E-state index in [1.54, 1.807) is 23.7 Å². The second-order valence-corrected chi connectivity index (χ2v) is 3.68. The van der Waals surface area contributed by atoms with Crippen molar-refractivity contribution < 1.29 is 0 Å². The third-order valence-electron chi connectivity index (χ3n) is 1.71. The molecule has 0 fully saturated rings. The largest absolute Gasteiger partial charge is 0.257 e. The van der Waals surface area contributed by atoms with E-state index in [1.807, 2.05) is 19.2 Å². The van der Waals surface area contributed by atoms with Gasteiger partial charge in [-0.15, -0.1) is 11.3 Å². The zero-order valence-electron chi connectivity index (χ0n) is 7.48. The van der Waals surface area contributed by atoms with Crippen LogP contribution in [0.4, 0.5) is 0 Å². The average molecular weight is 191 g/mol. The van der Waals surface area contributed by atoms with E-state index in [2.05, 4.69) is 15.0 Å². The van der Waals surface area contributed by atoms with Crippen LogP contribution in [0.2, 0.25) is 0 Å². The molecule has 0 aliphatic carbocycles. The molecule has 0 aliphatic heterocycles. The summed E-state index contributed by atoms with van der Waals surface area (Å²) < 4.78 is 0. The molecule has 2 aromatic heterocycles. The van der Waals surface area contributed by atoms with Crippen molar-refractivity contribution in [1.29, 1.82) is 0 Å². The van der Waals surface area contributed by atoms with E-state index in [0.29, 0.717) is 0 Å². The molecular formula is C9H9N3S. The van der Waals surface area contributed by atoms with Gasteiger partial charge in [0.05, 0.1) is 11.4 Å². The zero-order valence-corrected chi connectivity index (χ0v) is 8.30. The topological polar surface area (TPSA) is 38.7 Å². The summed E-state index contributed by atoms with van der Waals surface area (Å²) in [5.74, 6) is 0. The second-order valence-electron chi connectivity index (χ2n) is 2.78. The number of thiazole rings is 1. The smallest absolute Gasteiger partial charge is 0.143 e. The minimum atomic E-state index is 0.898. The van der Waals surface area contributed by atoms with Gasteiger partial charge >= 0.3 is 0 Å². The lowest BCUT2D eigenvalue weighted by Crippen LogP contribution is -1.93. The van der Waals surface area contributed by atoms with E-state index in [-0.39, 0.29) is 0 Å². The van der Waals surface area contributed by atoms with Crippen molar-refractivity contribution in [2.24, 2.45) is 0 Å². The van der Waals surface area contributed by atoms with E-state index in [4.69, 9.17) is 0 Å². The molecule has 0 saturated carbocycles. The van der Waals surface area contributed by atoms with Gasteiger partial charge < -0.3 is 0 Å². The maximum Gasteiger partial charge on any atom is 0.143 e. The normalized spacial score (nSPS) is 10.3. The molecule has 0 atom stereocenters. The first-order chi connectivity index (χ1) is 6.27. The van der Waals surface area contributed by atoms with Gasteiger partial charge in [0.1, 0.15) is 10.7 Å². The van der Waals surface area contributed by atoms with Crippen LogP contribution >= 0.6 is 11.3 Å². The summed E-state index contributed by atoms with van der Waals surface area (Å²) in [6.45, 7) is 3.88. The second kappa shape index (κ2) is 3.22. The third-order valence-corrected chi connectivity index (χ3v) is 2.49. The Hall–Kier alpha value is -1.29. The van der Waals surface area contributed by atoms with Crippen LogP contribution in [-0.2, 0) is 0 Å². The number of rotatable bonds is 1. The molecule has 66 valence electrons. The van der Waals surface area contributed by atoms with Gasteiger partial charge in [0, 0.05) is 17.8 Å². The van der Waals surface area contributed by atoms with Crippen LogP contribution in [0.5, 0.6) is 0 Å². The summed E-state index contributed by atoms with van der Waals surface area (Å²) in [7, 11) is 0. The number of aromatic nitrogens is 3. The maximum atomic E-state index is 4.40. The van der Waals surface area contributed by atoms with E-state index in [9.17, 15) is 0 Å².